The predicted molar refractivity (Wildman–Crippen MR) is 82.3 cm³/mol. The van der Waals surface area contributed by atoms with Gasteiger partial charge in [-0.1, -0.05) is 31.6 Å². The minimum absolute atomic E-state index is 0.0381. The quantitative estimate of drug-likeness (QED) is 0.643. The Labute approximate surface area is 128 Å². The van der Waals surface area contributed by atoms with E-state index in [1.165, 1.54) is 12.1 Å². The number of carboxylic acids is 1. The Morgan fingerprint density at radius 1 is 1.45 bits per heavy atom. The molecule has 1 heterocycles. The van der Waals surface area contributed by atoms with Crippen LogP contribution in [0.1, 0.15) is 38.2 Å². The van der Waals surface area contributed by atoms with Crippen molar-refractivity contribution in [1.29, 1.82) is 0 Å². The van der Waals surface area contributed by atoms with Crippen LogP contribution in [0.3, 0.4) is 0 Å². The number of hydrogen-bond acceptors (Lipinski definition) is 4. The molecule has 1 atom stereocenters. The highest BCUT2D eigenvalue weighted by Crippen LogP contribution is 2.34. The zero-order chi connectivity index (χ0) is 16.3. The fraction of sp³-hybridized carbons (Fsp3) is 0.312. The predicted octanol–water partition coefficient (Wildman–Crippen LogP) is 3.32. The Bertz CT molecular complexity index is 676. The Hall–Kier alpha value is -2.63. The maximum atomic E-state index is 11.6. The lowest BCUT2D eigenvalue weighted by molar-refractivity contribution is -0.384. The molecule has 0 amide bonds. The molecule has 6 heteroatoms. The van der Waals surface area contributed by atoms with Crippen LogP contribution in [0.4, 0.5) is 5.69 Å². The standard InChI is InChI=1S/C16H18N2O4/c1-3-5-12-9-14(15(16(19)20)10(2)17-12)11-6-4-7-13(8-11)18(21)22/h4,6-9,14,17H,3,5H2,1-2H3,(H,19,20). The molecule has 0 aliphatic carbocycles. The molecule has 1 unspecified atom stereocenters. The van der Waals surface area contributed by atoms with E-state index < -0.39 is 16.8 Å². The Morgan fingerprint density at radius 2 is 2.18 bits per heavy atom. The Balaban J connectivity index is 2.51. The van der Waals surface area contributed by atoms with E-state index in [2.05, 4.69) is 5.32 Å². The topological polar surface area (TPSA) is 92.5 Å². The second-order valence-electron chi connectivity index (χ2n) is 5.24. The number of dihydropyridines is 1. The molecule has 0 radical (unpaired) electrons. The summed E-state index contributed by atoms with van der Waals surface area (Å²) < 4.78 is 0. The molecular weight excluding hydrogens is 284 g/mol. The number of allylic oxidation sites excluding steroid dienone is 3. The molecule has 116 valence electrons. The van der Waals surface area contributed by atoms with E-state index in [-0.39, 0.29) is 11.3 Å². The molecule has 0 saturated heterocycles. The smallest absolute Gasteiger partial charge is 0.334 e. The van der Waals surface area contributed by atoms with Gasteiger partial charge in [-0.05, 0) is 18.9 Å². The van der Waals surface area contributed by atoms with Gasteiger partial charge in [0, 0.05) is 29.4 Å². The molecule has 0 spiro atoms. The van der Waals surface area contributed by atoms with Crippen molar-refractivity contribution >= 4 is 11.7 Å². The largest absolute Gasteiger partial charge is 0.478 e. The lowest BCUT2D eigenvalue weighted by atomic mass is 9.86. The van der Waals surface area contributed by atoms with Crippen molar-refractivity contribution < 1.29 is 14.8 Å². The first kappa shape index (κ1) is 15.8. The number of hydrogen-bond donors (Lipinski definition) is 2. The summed E-state index contributed by atoms with van der Waals surface area (Å²) in [7, 11) is 0. The monoisotopic (exact) mass is 302 g/mol. The third kappa shape index (κ3) is 3.16. The molecule has 1 aromatic carbocycles. The van der Waals surface area contributed by atoms with Crippen LogP contribution >= 0.6 is 0 Å². The zero-order valence-electron chi connectivity index (χ0n) is 12.5. The van der Waals surface area contributed by atoms with E-state index in [4.69, 9.17) is 0 Å². The van der Waals surface area contributed by atoms with Crippen molar-refractivity contribution in [2.75, 3.05) is 0 Å². The molecule has 6 nitrogen and oxygen atoms in total. The summed E-state index contributed by atoms with van der Waals surface area (Å²) in [4.78, 5) is 22.0. The molecule has 1 aromatic rings. The SMILES string of the molecule is CCCC1=CC(c2cccc([N+](=O)[O-])c2)C(C(=O)O)=C(C)N1. The molecule has 2 rings (SSSR count). The van der Waals surface area contributed by atoms with Gasteiger partial charge in [-0.15, -0.1) is 0 Å². The summed E-state index contributed by atoms with van der Waals surface area (Å²) in [5.41, 5.74) is 2.32. The summed E-state index contributed by atoms with van der Waals surface area (Å²) in [6.07, 6.45) is 3.57. The highest BCUT2D eigenvalue weighted by atomic mass is 16.6. The molecule has 22 heavy (non-hydrogen) atoms. The summed E-state index contributed by atoms with van der Waals surface area (Å²) in [5, 5.41) is 23.5. The Morgan fingerprint density at radius 3 is 2.77 bits per heavy atom. The maximum absolute atomic E-state index is 11.6. The Kier molecular flexibility index (Phi) is 4.60. The number of nitro benzene ring substituents is 1. The molecule has 0 fully saturated rings. The average molecular weight is 302 g/mol. The third-order valence-electron chi connectivity index (χ3n) is 3.62. The number of benzene rings is 1. The van der Waals surface area contributed by atoms with Crippen LogP contribution in [0.2, 0.25) is 0 Å². The normalized spacial score (nSPS) is 17.7. The van der Waals surface area contributed by atoms with Gasteiger partial charge in [0.2, 0.25) is 0 Å². The summed E-state index contributed by atoms with van der Waals surface area (Å²) in [6.45, 7) is 3.76. The van der Waals surface area contributed by atoms with Crippen molar-refractivity contribution in [3.8, 4) is 0 Å². The molecular formula is C16H18N2O4. The van der Waals surface area contributed by atoms with Crippen molar-refractivity contribution in [3.63, 3.8) is 0 Å². The van der Waals surface area contributed by atoms with Gasteiger partial charge in [0.1, 0.15) is 0 Å². The number of carboxylic acid groups (broad SMARTS) is 1. The highest BCUT2D eigenvalue weighted by Gasteiger charge is 2.28. The minimum atomic E-state index is -1.02. The number of carbonyl (C=O) groups is 1. The van der Waals surface area contributed by atoms with E-state index in [1.54, 1.807) is 19.1 Å². The first-order valence-electron chi connectivity index (χ1n) is 7.10. The van der Waals surface area contributed by atoms with Gasteiger partial charge in [0.05, 0.1) is 10.5 Å². The van der Waals surface area contributed by atoms with Crippen LogP contribution in [0, 0.1) is 10.1 Å². The van der Waals surface area contributed by atoms with Gasteiger partial charge >= 0.3 is 5.97 Å². The molecule has 0 saturated carbocycles. The van der Waals surface area contributed by atoms with Crippen molar-refractivity contribution in [2.45, 2.75) is 32.6 Å². The highest BCUT2D eigenvalue weighted by molar-refractivity contribution is 5.90. The van der Waals surface area contributed by atoms with E-state index in [0.29, 0.717) is 11.3 Å². The van der Waals surface area contributed by atoms with Crippen molar-refractivity contribution in [2.24, 2.45) is 0 Å². The number of aliphatic carboxylic acids is 1. The summed E-state index contributed by atoms with van der Waals surface area (Å²) in [5.74, 6) is -1.51. The number of nitrogens with zero attached hydrogens (tertiary/aromatic N) is 1. The summed E-state index contributed by atoms with van der Waals surface area (Å²) in [6, 6.07) is 6.14. The van der Waals surface area contributed by atoms with Crippen molar-refractivity contribution in [3.05, 3.63) is 63.0 Å². The van der Waals surface area contributed by atoms with E-state index >= 15 is 0 Å². The average Bonchev–Trinajstić information content (AvgIpc) is 2.46. The molecule has 0 bridgehead atoms. The molecule has 1 aliphatic heterocycles. The first-order chi connectivity index (χ1) is 10.4. The van der Waals surface area contributed by atoms with Gasteiger partial charge in [-0.25, -0.2) is 4.79 Å². The minimum Gasteiger partial charge on any atom is -0.478 e. The number of rotatable bonds is 5. The third-order valence-corrected chi connectivity index (χ3v) is 3.62. The van der Waals surface area contributed by atoms with Crippen LogP contribution in [-0.4, -0.2) is 16.0 Å². The fourth-order valence-corrected chi connectivity index (χ4v) is 2.67. The van der Waals surface area contributed by atoms with E-state index in [9.17, 15) is 20.0 Å². The van der Waals surface area contributed by atoms with Crippen LogP contribution in [0.15, 0.2) is 47.3 Å². The fourth-order valence-electron chi connectivity index (χ4n) is 2.67. The number of non-ortho nitro benzene ring substituents is 1. The van der Waals surface area contributed by atoms with Gasteiger partial charge < -0.3 is 10.4 Å². The second-order valence-corrected chi connectivity index (χ2v) is 5.24. The number of nitrogens with one attached hydrogen (secondary N) is 1. The van der Waals surface area contributed by atoms with Gasteiger partial charge in [0.25, 0.3) is 5.69 Å². The van der Waals surface area contributed by atoms with E-state index in [0.717, 1.165) is 18.5 Å². The van der Waals surface area contributed by atoms with Gasteiger partial charge in [-0.2, -0.15) is 0 Å². The van der Waals surface area contributed by atoms with E-state index in [1.807, 2.05) is 13.0 Å². The van der Waals surface area contributed by atoms with Crippen LogP contribution < -0.4 is 5.32 Å². The zero-order valence-corrected chi connectivity index (χ0v) is 12.5. The summed E-state index contributed by atoms with van der Waals surface area (Å²) >= 11 is 0. The van der Waals surface area contributed by atoms with Gasteiger partial charge in [-0.3, -0.25) is 10.1 Å². The van der Waals surface area contributed by atoms with Gasteiger partial charge in [0.15, 0.2) is 0 Å². The van der Waals surface area contributed by atoms with Crippen molar-refractivity contribution in [1.82, 2.24) is 5.32 Å². The lowest BCUT2D eigenvalue weighted by Crippen LogP contribution is -2.25. The molecule has 0 aromatic heterocycles. The first-order valence-corrected chi connectivity index (χ1v) is 7.10. The molecule has 2 N–H and O–H groups in total. The second kappa shape index (κ2) is 6.43. The van der Waals surface area contributed by atoms with Crippen LogP contribution in [0.5, 0.6) is 0 Å². The van der Waals surface area contributed by atoms with Crippen LogP contribution in [-0.2, 0) is 4.79 Å². The van der Waals surface area contributed by atoms with Crippen LogP contribution in [0.25, 0.3) is 0 Å². The molecule has 1 aliphatic rings. The maximum Gasteiger partial charge on any atom is 0.334 e. The number of nitro groups is 1. The lowest BCUT2D eigenvalue weighted by Gasteiger charge is -2.25.